The van der Waals surface area contributed by atoms with Gasteiger partial charge in [-0.3, -0.25) is 4.57 Å². The zero-order chi connectivity index (χ0) is 12.3. The van der Waals surface area contributed by atoms with E-state index in [0.717, 1.165) is 10.9 Å². The quantitative estimate of drug-likeness (QED) is 0.839. The number of nitrogens with zero attached hydrogens (tertiary/aromatic N) is 3. The molecule has 1 rings (SSSR count). The Morgan fingerprint density at radius 1 is 1.62 bits per heavy atom. The minimum atomic E-state index is -2.65. The Labute approximate surface area is 92.9 Å². The first kappa shape index (κ1) is 12.2. The Morgan fingerprint density at radius 2 is 2.25 bits per heavy atom. The van der Waals surface area contributed by atoms with Crippen LogP contribution in [0.25, 0.3) is 5.70 Å². The van der Waals surface area contributed by atoms with Gasteiger partial charge in [-0.2, -0.15) is 8.78 Å². The summed E-state index contributed by atoms with van der Waals surface area (Å²) < 4.78 is 26.0. The van der Waals surface area contributed by atoms with Gasteiger partial charge in [0.1, 0.15) is 17.8 Å². The fourth-order valence-corrected chi connectivity index (χ4v) is 1.17. The molecule has 0 amide bonds. The number of halogens is 2. The van der Waals surface area contributed by atoms with Gasteiger partial charge in [0.15, 0.2) is 0 Å². The van der Waals surface area contributed by atoms with Crippen LogP contribution in [0.1, 0.15) is 12.2 Å². The van der Waals surface area contributed by atoms with Crippen molar-refractivity contribution in [1.82, 2.24) is 14.5 Å². The summed E-state index contributed by atoms with van der Waals surface area (Å²) in [7, 11) is 3.53. The van der Waals surface area contributed by atoms with Crippen LogP contribution >= 0.6 is 0 Å². The van der Waals surface area contributed by atoms with Crippen LogP contribution in [0.2, 0.25) is 0 Å². The number of nitrogens with one attached hydrogen (secondary N) is 1. The minimum Gasteiger partial charge on any atom is -0.376 e. The Kier molecular flexibility index (Phi) is 3.65. The molecule has 0 spiro atoms. The maximum atomic E-state index is 12.6. The summed E-state index contributed by atoms with van der Waals surface area (Å²) in [5, 5.41) is 2.64. The molecule has 1 heterocycles. The molecule has 0 saturated heterocycles. The lowest BCUT2D eigenvalue weighted by Gasteiger charge is -2.16. The predicted octanol–water partition coefficient (Wildman–Crippen LogP) is 2.37. The first-order chi connectivity index (χ1) is 7.49. The maximum Gasteiger partial charge on any atom is 0.321 e. The van der Waals surface area contributed by atoms with Gasteiger partial charge in [-0.05, 0) is 6.20 Å². The molecule has 1 aromatic rings. The second-order valence-corrected chi connectivity index (χ2v) is 3.32. The molecule has 0 aliphatic rings. The van der Waals surface area contributed by atoms with E-state index < -0.39 is 6.55 Å². The molecule has 0 aliphatic carbocycles. The Morgan fingerprint density at radius 3 is 2.69 bits per heavy atom. The summed E-state index contributed by atoms with van der Waals surface area (Å²) >= 11 is 0. The molecule has 0 aliphatic heterocycles. The van der Waals surface area contributed by atoms with Crippen LogP contribution in [-0.2, 0) is 0 Å². The summed E-state index contributed by atoms with van der Waals surface area (Å²) in [5.41, 5.74) is 0.925. The largest absolute Gasteiger partial charge is 0.376 e. The molecule has 0 atom stereocenters. The summed E-state index contributed by atoms with van der Waals surface area (Å²) in [5.74, 6) is 0.184. The van der Waals surface area contributed by atoms with Gasteiger partial charge in [0.25, 0.3) is 0 Å². The topological polar surface area (TPSA) is 33.1 Å². The SMILES string of the molecule is C=CNc1c(C(=C)N(C)C)ncn1C(F)F. The number of imidazole rings is 1. The van der Waals surface area contributed by atoms with Gasteiger partial charge in [0.2, 0.25) is 0 Å². The highest BCUT2D eigenvalue weighted by Crippen LogP contribution is 2.26. The van der Waals surface area contributed by atoms with Crippen molar-refractivity contribution >= 4 is 11.5 Å². The van der Waals surface area contributed by atoms with E-state index in [0.29, 0.717) is 11.4 Å². The molecule has 0 unspecified atom stereocenters. The van der Waals surface area contributed by atoms with Crippen LogP contribution in [0.5, 0.6) is 0 Å². The number of aromatic nitrogens is 2. The van der Waals surface area contributed by atoms with Gasteiger partial charge < -0.3 is 10.2 Å². The summed E-state index contributed by atoms with van der Waals surface area (Å²) in [4.78, 5) is 5.61. The third kappa shape index (κ3) is 2.21. The van der Waals surface area contributed by atoms with Crippen molar-refractivity contribution in [3.63, 3.8) is 0 Å². The van der Waals surface area contributed by atoms with Crippen LogP contribution in [0.15, 0.2) is 25.7 Å². The van der Waals surface area contributed by atoms with Gasteiger partial charge >= 0.3 is 6.55 Å². The molecule has 1 aromatic heterocycles. The van der Waals surface area contributed by atoms with Crippen molar-refractivity contribution in [3.8, 4) is 0 Å². The molecule has 4 nitrogen and oxygen atoms in total. The number of hydrogen-bond donors (Lipinski definition) is 1. The molecular weight excluding hydrogens is 214 g/mol. The summed E-state index contributed by atoms with van der Waals surface area (Å²) in [6.07, 6.45) is 2.39. The highest BCUT2D eigenvalue weighted by molar-refractivity contribution is 5.69. The first-order valence-corrected chi connectivity index (χ1v) is 4.58. The highest BCUT2D eigenvalue weighted by atomic mass is 19.3. The fraction of sp³-hybridized carbons (Fsp3) is 0.300. The molecular formula is C10H14F2N4. The van der Waals surface area contributed by atoms with Crippen molar-refractivity contribution in [2.75, 3.05) is 19.4 Å². The molecule has 0 bridgehead atoms. The van der Waals surface area contributed by atoms with Gasteiger partial charge in [-0.1, -0.05) is 13.2 Å². The number of alkyl halides is 2. The van der Waals surface area contributed by atoms with E-state index in [9.17, 15) is 8.78 Å². The first-order valence-electron chi connectivity index (χ1n) is 4.58. The molecule has 1 N–H and O–H groups in total. The number of hydrogen-bond acceptors (Lipinski definition) is 3. The van der Waals surface area contributed by atoms with Crippen molar-refractivity contribution in [1.29, 1.82) is 0 Å². The number of anilines is 1. The fourth-order valence-electron chi connectivity index (χ4n) is 1.17. The third-order valence-electron chi connectivity index (χ3n) is 2.06. The molecule has 0 radical (unpaired) electrons. The zero-order valence-electron chi connectivity index (χ0n) is 9.24. The molecule has 6 heteroatoms. The number of rotatable bonds is 5. The van der Waals surface area contributed by atoms with Crippen LogP contribution in [0.3, 0.4) is 0 Å². The third-order valence-corrected chi connectivity index (χ3v) is 2.06. The Hall–Kier alpha value is -1.85. The highest BCUT2D eigenvalue weighted by Gasteiger charge is 2.18. The van der Waals surface area contributed by atoms with Gasteiger partial charge in [-0.25, -0.2) is 4.98 Å². The van der Waals surface area contributed by atoms with Crippen LogP contribution in [-0.4, -0.2) is 28.5 Å². The molecule has 0 saturated carbocycles. The lowest BCUT2D eigenvalue weighted by atomic mass is 10.3. The predicted molar refractivity (Wildman–Crippen MR) is 60.0 cm³/mol. The molecule has 0 fully saturated rings. The maximum absolute atomic E-state index is 12.6. The van der Waals surface area contributed by atoms with Crippen molar-refractivity contribution in [2.24, 2.45) is 0 Å². The van der Waals surface area contributed by atoms with E-state index in [1.165, 1.54) is 6.20 Å². The van der Waals surface area contributed by atoms with Gasteiger partial charge in [0, 0.05) is 14.1 Å². The van der Waals surface area contributed by atoms with Gasteiger partial charge in [0.05, 0.1) is 5.70 Å². The Bertz CT molecular complexity index is 396. The standard InChI is InChI=1S/C10H14F2N4/c1-5-13-9-8(7(2)15(3)4)14-6-16(9)10(11)12/h5-6,10,13H,1-2H2,3-4H3. The average molecular weight is 228 g/mol. The average Bonchev–Trinajstić information content (AvgIpc) is 2.61. The molecule has 16 heavy (non-hydrogen) atoms. The zero-order valence-corrected chi connectivity index (χ0v) is 9.24. The van der Waals surface area contributed by atoms with Crippen molar-refractivity contribution < 1.29 is 8.78 Å². The van der Waals surface area contributed by atoms with E-state index in [4.69, 9.17) is 0 Å². The lowest BCUT2D eigenvalue weighted by molar-refractivity contribution is 0.0723. The lowest BCUT2D eigenvalue weighted by Crippen LogP contribution is -2.11. The minimum absolute atomic E-state index is 0.184. The summed E-state index contributed by atoms with van der Waals surface area (Å²) in [6, 6.07) is 0. The molecule has 0 aromatic carbocycles. The van der Waals surface area contributed by atoms with E-state index in [1.54, 1.807) is 19.0 Å². The smallest absolute Gasteiger partial charge is 0.321 e. The second-order valence-electron chi connectivity index (χ2n) is 3.32. The van der Waals surface area contributed by atoms with Crippen LogP contribution in [0, 0.1) is 0 Å². The van der Waals surface area contributed by atoms with Crippen molar-refractivity contribution in [2.45, 2.75) is 6.55 Å². The van der Waals surface area contributed by atoms with E-state index in [1.807, 2.05) is 0 Å². The van der Waals surface area contributed by atoms with Gasteiger partial charge in [-0.15, -0.1) is 0 Å². The van der Waals surface area contributed by atoms with Crippen LogP contribution < -0.4 is 5.32 Å². The van der Waals surface area contributed by atoms with Crippen LogP contribution in [0.4, 0.5) is 14.6 Å². The van der Waals surface area contributed by atoms with E-state index in [2.05, 4.69) is 23.5 Å². The Balaban J connectivity index is 3.19. The van der Waals surface area contributed by atoms with E-state index >= 15 is 0 Å². The monoisotopic (exact) mass is 228 g/mol. The van der Waals surface area contributed by atoms with Crippen molar-refractivity contribution in [3.05, 3.63) is 31.4 Å². The molecule has 88 valence electrons. The second kappa shape index (κ2) is 4.78. The summed E-state index contributed by atoms with van der Waals surface area (Å²) in [6.45, 7) is 4.56. The van der Waals surface area contributed by atoms with E-state index in [-0.39, 0.29) is 5.82 Å². The normalized spacial score (nSPS) is 10.3.